The van der Waals surface area contributed by atoms with Crippen LogP contribution >= 0.6 is 0 Å². The molecular weight excluding hydrogens is 112 g/mol. The Hall–Kier alpha value is -0.0800. The molecule has 0 amide bonds. The quantitative estimate of drug-likeness (QED) is 0.555. The first-order chi connectivity index (χ1) is 4.43. The Balaban J connectivity index is 2.08. The van der Waals surface area contributed by atoms with E-state index in [1.54, 1.807) is 0 Å². The maximum Gasteiger partial charge on any atom is 0.0176 e. The van der Waals surface area contributed by atoms with Crippen molar-refractivity contribution >= 4 is 0 Å². The fourth-order valence-electron chi connectivity index (χ4n) is 1.14. The summed E-state index contributed by atoms with van der Waals surface area (Å²) in [7, 11) is 1.99. The van der Waals surface area contributed by atoms with E-state index in [1.807, 2.05) is 7.05 Å². The van der Waals surface area contributed by atoms with Crippen LogP contribution in [0.5, 0.6) is 0 Å². The van der Waals surface area contributed by atoms with Gasteiger partial charge in [-0.25, -0.2) is 5.32 Å². The lowest BCUT2D eigenvalue weighted by Crippen LogP contribution is -2.31. The van der Waals surface area contributed by atoms with Crippen molar-refractivity contribution in [3.63, 3.8) is 0 Å². The number of nitrogens with one attached hydrogen (secondary N) is 1. The zero-order valence-electron chi connectivity index (χ0n) is 5.93. The highest BCUT2D eigenvalue weighted by atomic mass is 14.9. The largest absolute Gasteiger partial charge is 0.319 e. The summed E-state index contributed by atoms with van der Waals surface area (Å²) < 4.78 is 0. The molecule has 0 aliphatic carbocycles. The molecule has 0 spiro atoms. The lowest BCUT2D eigenvalue weighted by molar-refractivity contribution is 0.443. The molecule has 1 N–H and O–H groups in total. The van der Waals surface area contributed by atoms with E-state index in [1.165, 1.54) is 6.42 Å². The monoisotopic (exact) mass is 126 g/mol. The van der Waals surface area contributed by atoms with Gasteiger partial charge >= 0.3 is 0 Å². The number of rotatable bonds is 2. The van der Waals surface area contributed by atoms with Crippen LogP contribution in [-0.2, 0) is 0 Å². The molecule has 2 heteroatoms. The zero-order valence-corrected chi connectivity index (χ0v) is 5.93. The molecule has 2 nitrogen and oxygen atoms in total. The second kappa shape index (κ2) is 3.85. The Morgan fingerprint density at radius 1 is 1.78 bits per heavy atom. The molecule has 1 saturated heterocycles. The molecular formula is C7H14N2. The predicted octanol–water partition coefficient (Wildman–Crippen LogP) is 0.0344. The van der Waals surface area contributed by atoms with Crippen molar-refractivity contribution in [2.45, 2.75) is 6.42 Å². The average Bonchev–Trinajstić information content (AvgIpc) is 1.91. The summed E-state index contributed by atoms with van der Waals surface area (Å²) in [6.45, 7) is 3.16. The number of hydrogen-bond acceptors (Lipinski definition) is 1. The SMILES string of the molecule is CNCC1[CH]CC[N]C1. The first-order valence-electron chi connectivity index (χ1n) is 3.54. The van der Waals surface area contributed by atoms with E-state index < -0.39 is 0 Å². The minimum Gasteiger partial charge on any atom is -0.319 e. The van der Waals surface area contributed by atoms with Crippen LogP contribution in [0.3, 0.4) is 0 Å². The summed E-state index contributed by atoms with van der Waals surface area (Å²) in [5.74, 6) is 0.698. The summed E-state index contributed by atoms with van der Waals surface area (Å²) in [5, 5.41) is 7.45. The zero-order chi connectivity index (χ0) is 6.53. The van der Waals surface area contributed by atoms with Crippen molar-refractivity contribution in [1.82, 2.24) is 10.6 Å². The van der Waals surface area contributed by atoms with Gasteiger partial charge in [0.05, 0.1) is 0 Å². The first-order valence-corrected chi connectivity index (χ1v) is 3.54. The summed E-state index contributed by atoms with van der Waals surface area (Å²) in [4.78, 5) is 0. The van der Waals surface area contributed by atoms with Crippen LogP contribution in [0.25, 0.3) is 0 Å². The Bertz CT molecular complexity index is 64.6. The van der Waals surface area contributed by atoms with Gasteiger partial charge in [0.2, 0.25) is 0 Å². The maximum absolute atomic E-state index is 4.31. The van der Waals surface area contributed by atoms with Crippen molar-refractivity contribution in [3.8, 4) is 0 Å². The smallest absolute Gasteiger partial charge is 0.0176 e. The van der Waals surface area contributed by atoms with Crippen LogP contribution in [-0.4, -0.2) is 26.7 Å². The van der Waals surface area contributed by atoms with Crippen LogP contribution in [0.1, 0.15) is 6.42 Å². The van der Waals surface area contributed by atoms with Gasteiger partial charge in [0.15, 0.2) is 0 Å². The normalized spacial score (nSPS) is 28.3. The number of nitrogens with zero attached hydrogens (tertiary/aromatic N) is 1. The Kier molecular flexibility index (Phi) is 3.01. The van der Waals surface area contributed by atoms with Gasteiger partial charge in [-0.05, 0) is 32.4 Å². The molecule has 0 bridgehead atoms. The van der Waals surface area contributed by atoms with Gasteiger partial charge in [-0.3, -0.25) is 0 Å². The fourth-order valence-corrected chi connectivity index (χ4v) is 1.14. The van der Waals surface area contributed by atoms with Crippen LogP contribution in [0.4, 0.5) is 0 Å². The minimum atomic E-state index is 0.698. The van der Waals surface area contributed by atoms with E-state index in [9.17, 15) is 0 Å². The van der Waals surface area contributed by atoms with Crippen molar-refractivity contribution in [2.75, 3.05) is 26.7 Å². The van der Waals surface area contributed by atoms with E-state index >= 15 is 0 Å². The Morgan fingerprint density at radius 3 is 3.22 bits per heavy atom. The van der Waals surface area contributed by atoms with E-state index in [0.29, 0.717) is 5.92 Å². The molecule has 0 aromatic heterocycles. The molecule has 1 atom stereocenters. The van der Waals surface area contributed by atoms with Gasteiger partial charge in [0, 0.05) is 13.1 Å². The molecule has 1 aliphatic rings. The molecule has 1 rings (SSSR count). The van der Waals surface area contributed by atoms with Crippen LogP contribution in [0.15, 0.2) is 0 Å². The molecule has 1 unspecified atom stereocenters. The molecule has 9 heavy (non-hydrogen) atoms. The molecule has 1 fully saturated rings. The summed E-state index contributed by atoms with van der Waals surface area (Å²) in [5.41, 5.74) is 0. The lowest BCUT2D eigenvalue weighted by Gasteiger charge is -2.20. The Labute approximate surface area is 57.0 Å². The van der Waals surface area contributed by atoms with Crippen molar-refractivity contribution in [3.05, 3.63) is 6.42 Å². The molecule has 1 heterocycles. The molecule has 2 radical (unpaired) electrons. The highest BCUT2D eigenvalue weighted by Gasteiger charge is 2.11. The number of hydrogen-bond donors (Lipinski definition) is 1. The van der Waals surface area contributed by atoms with E-state index in [2.05, 4.69) is 17.1 Å². The van der Waals surface area contributed by atoms with E-state index in [-0.39, 0.29) is 0 Å². The Morgan fingerprint density at radius 2 is 2.67 bits per heavy atom. The van der Waals surface area contributed by atoms with E-state index in [0.717, 1.165) is 19.6 Å². The molecule has 0 aromatic rings. The molecule has 0 aromatic carbocycles. The van der Waals surface area contributed by atoms with Gasteiger partial charge in [-0.1, -0.05) is 0 Å². The molecule has 52 valence electrons. The second-order valence-corrected chi connectivity index (χ2v) is 2.47. The van der Waals surface area contributed by atoms with Gasteiger partial charge in [0.1, 0.15) is 0 Å². The highest BCUT2D eigenvalue weighted by molar-refractivity contribution is 4.84. The van der Waals surface area contributed by atoms with Crippen LogP contribution in [0, 0.1) is 12.3 Å². The highest BCUT2D eigenvalue weighted by Crippen LogP contribution is 2.07. The van der Waals surface area contributed by atoms with Crippen molar-refractivity contribution < 1.29 is 0 Å². The minimum absolute atomic E-state index is 0.698. The van der Waals surface area contributed by atoms with E-state index in [4.69, 9.17) is 0 Å². The second-order valence-electron chi connectivity index (χ2n) is 2.47. The van der Waals surface area contributed by atoms with Gasteiger partial charge in [0.25, 0.3) is 0 Å². The fraction of sp³-hybridized carbons (Fsp3) is 0.857. The third-order valence-corrected chi connectivity index (χ3v) is 1.62. The van der Waals surface area contributed by atoms with Crippen LogP contribution in [0.2, 0.25) is 0 Å². The van der Waals surface area contributed by atoms with Crippen molar-refractivity contribution in [2.24, 2.45) is 5.92 Å². The molecule has 0 saturated carbocycles. The average molecular weight is 126 g/mol. The first kappa shape index (κ1) is 7.03. The van der Waals surface area contributed by atoms with Gasteiger partial charge in [-0.2, -0.15) is 0 Å². The number of piperidine rings is 1. The summed E-state index contributed by atoms with van der Waals surface area (Å²) in [6, 6.07) is 0. The van der Waals surface area contributed by atoms with Gasteiger partial charge < -0.3 is 5.32 Å². The maximum atomic E-state index is 4.31. The van der Waals surface area contributed by atoms with Crippen LogP contribution < -0.4 is 10.6 Å². The summed E-state index contributed by atoms with van der Waals surface area (Å²) in [6.07, 6.45) is 3.54. The van der Waals surface area contributed by atoms with Crippen molar-refractivity contribution in [1.29, 1.82) is 0 Å². The predicted molar refractivity (Wildman–Crippen MR) is 38.2 cm³/mol. The standard InChI is InChI=1S/C7H14N2/c1-8-5-7-3-2-4-9-6-7/h3,7-8H,2,4-6H2,1H3. The summed E-state index contributed by atoms with van der Waals surface area (Å²) >= 11 is 0. The van der Waals surface area contributed by atoms with Gasteiger partial charge in [-0.15, -0.1) is 0 Å². The molecule has 1 aliphatic heterocycles. The third kappa shape index (κ3) is 2.33. The lowest BCUT2D eigenvalue weighted by atomic mass is 10.00. The topological polar surface area (TPSA) is 26.1 Å². The third-order valence-electron chi connectivity index (χ3n) is 1.62.